The van der Waals surface area contributed by atoms with E-state index in [4.69, 9.17) is 4.74 Å². The molecule has 1 N–H and O–H groups in total. The molecule has 3 heterocycles. The number of nitrogens with one attached hydrogen (secondary N) is 1. The van der Waals surface area contributed by atoms with Crippen LogP contribution in [-0.4, -0.2) is 86.4 Å². The third-order valence-corrected chi connectivity index (χ3v) is 6.38. The molecule has 1 aromatic rings. The van der Waals surface area contributed by atoms with Gasteiger partial charge in [-0.3, -0.25) is 9.58 Å². The number of piperazine rings is 1. The van der Waals surface area contributed by atoms with E-state index in [-0.39, 0.29) is 4.90 Å². The number of rotatable bonds is 6. The predicted molar refractivity (Wildman–Crippen MR) is 85.7 cm³/mol. The Balaban J connectivity index is 1.64. The van der Waals surface area contributed by atoms with Gasteiger partial charge in [0.1, 0.15) is 4.90 Å². The highest BCUT2D eigenvalue weighted by atomic mass is 32.2. The van der Waals surface area contributed by atoms with Gasteiger partial charge in [-0.1, -0.05) is 0 Å². The summed E-state index contributed by atoms with van der Waals surface area (Å²) in [7, 11) is -1.83. The molecular weight excluding hydrogens is 318 g/mol. The topological polar surface area (TPSA) is 79.7 Å². The summed E-state index contributed by atoms with van der Waals surface area (Å²) in [6, 6.07) is 0.329. The van der Waals surface area contributed by atoms with E-state index < -0.39 is 10.0 Å². The van der Waals surface area contributed by atoms with Crippen LogP contribution in [0.2, 0.25) is 0 Å². The zero-order valence-electron chi connectivity index (χ0n) is 13.5. The lowest BCUT2D eigenvalue weighted by molar-refractivity contribution is 0.179. The molecule has 1 atom stereocenters. The molecule has 0 radical (unpaired) electrons. The Morgan fingerprint density at radius 2 is 2.13 bits per heavy atom. The standard InChI is InChI=1S/C14H25N5O3S/c1-22-9-8-18-12-14(10-16-18)23(20,21)19-5-2-13(11-19)17-6-3-15-4-7-17/h10,12-13,15H,2-9,11H2,1H3. The minimum atomic E-state index is -3.45. The molecule has 2 fully saturated rings. The normalized spacial score (nSPS) is 24.3. The Morgan fingerprint density at radius 3 is 2.87 bits per heavy atom. The predicted octanol–water partition coefficient (Wildman–Crippen LogP) is -0.802. The molecule has 0 aliphatic carbocycles. The van der Waals surface area contributed by atoms with Crippen LogP contribution in [0.1, 0.15) is 6.42 Å². The second kappa shape index (κ2) is 7.27. The molecule has 0 aromatic carbocycles. The van der Waals surface area contributed by atoms with Gasteiger partial charge in [0.05, 0.1) is 19.3 Å². The van der Waals surface area contributed by atoms with Gasteiger partial charge in [-0.15, -0.1) is 0 Å². The van der Waals surface area contributed by atoms with Crippen LogP contribution in [0.15, 0.2) is 17.3 Å². The van der Waals surface area contributed by atoms with Crippen molar-refractivity contribution in [2.24, 2.45) is 0 Å². The van der Waals surface area contributed by atoms with Crippen molar-refractivity contribution in [3.05, 3.63) is 12.4 Å². The number of hydrogen-bond donors (Lipinski definition) is 1. The first-order valence-corrected chi connectivity index (χ1v) is 9.51. The van der Waals surface area contributed by atoms with Crippen molar-refractivity contribution in [3.8, 4) is 0 Å². The maximum Gasteiger partial charge on any atom is 0.246 e. The molecule has 0 bridgehead atoms. The molecule has 9 heteroatoms. The Labute approximate surface area is 137 Å². The second-order valence-corrected chi connectivity index (χ2v) is 7.96. The summed E-state index contributed by atoms with van der Waals surface area (Å²) in [4.78, 5) is 2.67. The van der Waals surface area contributed by atoms with E-state index in [1.165, 1.54) is 6.20 Å². The lowest BCUT2D eigenvalue weighted by Gasteiger charge is -2.32. The van der Waals surface area contributed by atoms with E-state index in [0.717, 1.165) is 32.6 Å². The van der Waals surface area contributed by atoms with Crippen LogP contribution >= 0.6 is 0 Å². The summed E-state index contributed by atoms with van der Waals surface area (Å²) in [6.07, 6.45) is 3.92. The van der Waals surface area contributed by atoms with Gasteiger partial charge in [0, 0.05) is 58.6 Å². The highest BCUT2D eigenvalue weighted by molar-refractivity contribution is 7.89. The van der Waals surface area contributed by atoms with Crippen LogP contribution in [0.5, 0.6) is 0 Å². The number of nitrogens with zero attached hydrogens (tertiary/aromatic N) is 4. The average molecular weight is 343 g/mol. The van der Waals surface area contributed by atoms with E-state index in [0.29, 0.717) is 32.3 Å². The maximum atomic E-state index is 12.8. The molecular formula is C14H25N5O3S. The quantitative estimate of drug-likeness (QED) is 0.728. The maximum absolute atomic E-state index is 12.8. The van der Waals surface area contributed by atoms with Gasteiger partial charge in [-0.05, 0) is 6.42 Å². The van der Waals surface area contributed by atoms with Crippen molar-refractivity contribution in [2.75, 3.05) is 53.0 Å². The van der Waals surface area contributed by atoms with E-state index >= 15 is 0 Å². The van der Waals surface area contributed by atoms with Crippen molar-refractivity contribution in [3.63, 3.8) is 0 Å². The smallest absolute Gasteiger partial charge is 0.246 e. The first kappa shape index (κ1) is 16.8. The second-order valence-electron chi connectivity index (χ2n) is 6.02. The zero-order valence-corrected chi connectivity index (χ0v) is 14.3. The molecule has 0 spiro atoms. The van der Waals surface area contributed by atoms with Gasteiger partial charge >= 0.3 is 0 Å². The minimum Gasteiger partial charge on any atom is -0.383 e. The van der Waals surface area contributed by atoms with Gasteiger partial charge in [-0.2, -0.15) is 9.40 Å². The Morgan fingerprint density at radius 1 is 1.35 bits per heavy atom. The lowest BCUT2D eigenvalue weighted by Crippen LogP contribution is -2.49. The number of sulfonamides is 1. The van der Waals surface area contributed by atoms with Crippen molar-refractivity contribution in [2.45, 2.75) is 23.9 Å². The van der Waals surface area contributed by atoms with Gasteiger partial charge in [0.15, 0.2) is 0 Å². The summed E-state index contributed by atoms with van der Waals surface area (Å²) >= 11 is 0. The molecule has 2 aliphatic rings. The Kier molecular flexibility index (Phi) is 5.32. The monoisotopic (exact) mass is 343 g/mol. The van der Waals surface area contributed by atoms with Gasteiger partial charge in [0.2, 0.25) is 10.0 Å². The number of methoxy groups -OCH3 is 1. The van der Waals surface area contributed by atoms with E-state index in [9.17, 15) is 8.42 Å². The lowest BCUT2D eigenvalue weighted by atomic mass is 10.2. The average Bonchev–Trinajstić information content (AvgIpc) is 3.24. The Bertz CT molecular complexity index is 612. The van der Waals surface area contributed by atoms with E-state index in [1.807, 2.05) is 0 Å². The highest BCUT2D eigenvalue weighted by Crippen LogP contribution is 2.23. The van der Waals surface area contributed by atoms with E-state index in [1.54, 1.807) is 22.3 Å². The van der Waals surface area contributed by atoms with Crippen LogP contribution in [0, 0.1) is 0 Å². The molecule has 8 nitrogen and oxygen atoms in total. The summed E-state index contributed by atoms with van der Waals surface area (Å²) < 4.78 is 33.7. The Hall–Kier alpha value is -1.00. The first-order valence-electron chi connectivity index (χ1n) is 8.07. The summed E-state index contributed by atoms with van der Waals surface area (Å²) in [5, 5.41) is 7.44. The fourth-order valence-electron chi connectivity index (χ4n) is 3.21. The highest BCUT2D eigenvalue weighted by Gasteiger charge is 2.36. The minimum absolute atomic E-state index is 0.273. The van der Waals surface area contributed by atoms with E-state index in [2.05, 4.69) is 15.3 Å². The molecule has 2 saturated heterocycles. The SMILES string of the molecule is COCCn1cc(S(=O)(=O)N2CCC(N3CCNCC3)C2)cn1. The molecule has 3 rings (SSSR count). The summed E-state index contributed by atoms with van der Waals surface area (Å²) in [5.74, 6) is 0. The summed E-state index contributed by atoms with van der Waals surface area (Å²) in [6.45, 7) is 6.17. The van der Waals surface area contributed by atoms with Crippen LogP contribution in [0.4, 0.5) is 0 Å². The molecule has 130 valence electrons. The molecule has 1 aromatic heterocycles. The van der Waals surface area contributed by atoms with Crippen LogP contribution < -0.4 is 5.32 Å². The third kappa shape index (κ3) is 3.74. The molecule has 2 aliphatic heterocycles. The molecule has 0 saturated carbocycles. The van der Waals surface area contributed by atoms with Gasteiger partial charge < -0.3 is 10.1 Å². The number of aromatic nitrogens is 2. The zero-order chi connectivity index (χ0) is 16.3. The van der Waals surface area contributed by atoms with Crippen molar-refractivity contribution in [1.29, 1.82) is 0 Å². The molecule has 23 heavy (non-hydrogen) atoms. The molecule has 1 unspecified atom stereocenters. The van der Waals surface area contributed by atoms with Crippen molar-refractivity contribution >= 4 is 10.0 Å². The van der Waals surface area contributed by atoms with Gasteiger partial charge in [-0.25, -0.2) is 8.42 Å². The largest absolute Gasteiger partial charge is 0.383 e. The van der Waals surface area contributed by atoms with Crippen LogP contribution in [0.25, 0.3) is 0 Å². The third-order valence-electron chi connectivity index (χ3n) is 4.57. The van der Waals surface area contributed by atoms with Crippen molar-refractivity contribution in [1.82, 2.24) is 24.3 Å². The fraction of sp³-hybridized carbons (Fsp3) is 0.786. The fourth-order valence-corrected chi connectivity index (χ4v) is 4.66. The first-order chi connectivity index (χ1) is 11.1. The van der Waals surface area contributed by atoms with Crippen LogP contribution in [-0.2, 0) is 21.3 Å². The van der Waals surface area contributed by atoms with Crippen LogP contribution in [0.3, 0.4) is 0 Å². The number of hydrogen-bond acceptors (Lipinski definition) is 6. The molecule has 0 amide bonds. The van der Waals surface area contributed by atoms with Gasteiger partial charge in [0.25, 0.3) is 0 Å². The van der Waals surface area contributed by atoms with Crippen molar-refractivity contribution < 1.29 is 13.2 Å². The summed E-state index contributed by atoms with van der Waals surface area (Å²) in [5.41, 5.74) is 0. The number of ether oxygens (including phenoxy) is 1.